The van der Waals surface area contributed by atoms with Gasteiger partial charge in [-0.15, -0.1) is 0 Å². The van der Waals surface area contributed by atoms with Crippen LogP contribution in [0.4, 0.5) is 0 Å². The average Bonchev–Trinajstić information content (AvgIpc) is 2.90. The van der Waals surface area contributed by atoms with Crippen molar-refractivity contribution in [2.75, 3.05) is 0 Å². The Kier molecular flexibility index (Phi) is 2.79. The molecule has 3 rings (SSSR count). The molecule has 19 heavy (non-hydrogen) atoms. The lowest BCUT2D eigenvalue weighted by atomic mass is 10.0. The molecular weight excluding hydrogens is 238 g/mol. The maximum Gasteiger partial charge on any atom is 0.138 e. The van der Waals surface area contributed by atoms with Crippen LogP contribution < -0.4 is 0 Å². The van der Waals surface area contributed by atoms with E-state index in [2.05, 4.69) is 6.07 Å². The van der Waals surface area contributed by atoms with Crippen LogP contribution >= 0.6 is 0 Å². The molecule has 0 aliphatic rings. The molecule has 1 heterocycles. The van der Waals surface area contributed by atoms with Crippen LogP contribution in [0.25, 0.3) is 11.0 Å². The number of para-hydroxylation sites is 1. The van der Waals surface area contributed by atoms with E-state index in [1.807, 2.05) is 30.3 Å². The number of benzene rings is 2. The van der Waals surface area contributed by atoms with E-state index in [1.54, 1.807) is 24.3 Å². The Morgan fingerprint density at radius 2 is 1.89 bits per heavy atom. The van der Waals surface area contributed by atoms with Crippen LogP contribution in [0.15, 0.2) is 59.0 Å². The summed E-state index contributed by atoms with van der Waals surface area (Å²) in [6.07, 6.45) is -0.860. The minimum Gasteiger partial charge on any atom is -0.458 e. The van der Waals surface area contributed by atoms with E-state index in [0.717, 1.165) is 11.0 Å². The molecule has 0 amide bonds. The highest BCUT2D eigenvalue weighted by Crippen LogP contribution is 2.28. The molecule has 1 aromatic heterocycles. The molecule has 0 saturated heterocycles. The predicted octanol–water partition coefficient (Wildman–Crippen LogP) is 3.39. The number of nitrogens with zero attached hydrogens (tertiary/aromatic N) is 1. The summed E-state index contributed by atoms with van der Waals surface area (Å²) in [5.74, 6) is 0.483. The van der Waals surface area contributed by atoms with Crippen molar-refractivity contribution in [3.63, 3.8) is 0 Å². The van der Waals surface area contributed by atoms with Gasteiger partial charge in [-0.3, -0.25) is 0 Å². The molecule has 1 N–H and O–H groups in total. The summed E-state index contributed by atoms with van der Waals surface area (Å²) in [6.45, 7) is 0. The van der Waals surface area contributed by atoms with E-state index in [9.17, 15) is 5.11 Å². The molecule has 0 aliphatic carbocycles. The Labute approximate surface area is 110 Å². The first kappa shape index (κ1) is 11.5. The minimum absolute atomic E-state index is 0.483. The topological polar surface area (TPSA) is 57.2 Å². The van der Waals surface area contributed by atoms with Crippen molar-refractivity contribution in [1.29, 1.82) is 5.26 Å². The number of hydrogen-bond acceptors (Lipinski definition) is 3. The third kappa shape index (κ3) is 2.10. The van der Waals surface area contributed by atoms with Crippen molar-refractivity contribution < 1.29 is 9.52 Å². The monoisotopic (exact) mass is 249 g/mol. The van der Waals surface area contributed by atoms with Crippen LogP contribution in [0.3, 0.4) is 0 Å². The smallest absolute Gasteiger partial charge is 0.138 e. The Morgan fingerprint density at radius 1 is 1.05 bits per heavy atom. The fraction of sp³-hybridized carbons (Fsp3) is 0.0625. The fourth-order valence-electron chi connectivity index (χ4n) is 2.08. The molecule has 92 valence electrons. The highest BCUT2D eigenvalue weighted by molar-refractivity contribution is 5.77. The third-order valence-electron chi connectivity index (χ3n) is 3.05. The SMILES string of the molecule is N#Cc1cccc(C(O)c2cc3ccccc3o2)c1. The number of aliphatic hydroxyl groups excluding tert-OH is 1. The molecule has 0 fully saturated rings. The van der Waals surface area contributed by atoms with Crippen LogP contribution in [0.1, 0.15) is 23.0 Å². The molecule has 0 bridgehead atoms. The molecule has 0 radical (unpaired) electrons. The van der Waals surface area contributed by atoms with Gasteiger partial charge in [0.05, 0.1) is 11.6 Å². The van der Waals surface area contributed by atoms with Gasteiger partial charge >= 0.3 is 0 Å². The second-order valence-electron chi connectivity index (χ2n) is 4.33. The summed E-state index contributed by atoms with van der Waals surface area (Å²) in [7, 11) is 0. The summed E-state index contributed by atoms with van der Waals surface area (Å²) in [6, 6.07) is 18.4. The summed E-state index contributed by atoms with van der Waals surface area (Å²) >= 11 is 0. The van der Waals surface area contributed by atoms with Crippen LogP contribution in [-0.4, -0.2) is 5.11 Å². The van der Waals surface area contributed by atoms with Gasteiger partial charge in [0.25, 0.3) is 0 Å². The summed E-state index contributed by atoms with van der Waals surface area (Å²) < 4.78 is 5.62. The molecule has 3 nitrogen and oxygen atoms in total. The van der Waals surface area contributed by atoms with Crippen molar-refractivity contribution >= 4 is 11.0 Å². The van der Waals surface area contributed by atoms with Gasteiger partial charge in [0, 0.05) is 5.39 Å². The van der Waals surface area contributed by atoms with Crippen molar-refractivity contribution in [2.24, 2.45) is 0 Å². The van der Waals surface area contributed by atoms with E-state index >= 15 is 0 Å². The Balaban J connectivity index is 2.03. The summed E-state index contributed by atoms with van der Waals surface area (Å²) in [4.78, 5) is 0. The number of fused-ring (bicyclic) bond motifs is 1. The minimum atomic E-state index is -0.860. The van der Waals surface area contributed by atoms with Gasteiger partial charge in [-0.05, 0) is 29.8 Å². The van der Waals surface area contributed by atoms with Gasteiger partial charge < -0.3 is 9.52 Å². The van der Waals surface area contributed by atoms with Gasteiger partial charge in [-0.2, -0.15) is 5.26 Å². The van der Waals surface area contributed by atoms with Gasteiger partial charge in [0.1, 0.15) is 17.4 Å². The maximum absolute atomic E-state index is 10.3. The van der Waals surface area contributed by atoms with E-state index in [-0.39, 0.29) is 0 Å². The Bertz CT molecular complexity index is 735. The van der Waals surface area contributed by atoms with E-state index in [4.69, 9.17) is 9.68 Å². The zero-order valence-corrected chi connectivity index (χ0v) is 10.1. The second kappa shape index (κ2) is 4.60. The molecule has 1 unspecified atom stereocenters. The first-order valence-corrected chi connectivity index (χ1v) is 5.94. The highest BCUT2D eigenvalue weighted by Gasteiger charge is 2.15. The number of furan rings is 1. The van der Waals surface area contributed by atoms with Gasteiger partial charge in [-0.25, -0.2) is 0 Å². The molecular formula is C16H11NO2. The largest absolute Gasteiger partial charge is 0.458 e. The van der Waals surface area contributed by atoms with Gasteiger partial charge in [0.15, 0.2) is 0 Å². The number of rotatable bonds is 2. The highest BCUT2D eigenvalue weighted by atomic mass is 16.4. The quantitative estimate of drug-likeness (QED) is 0.757. The van der Waals surface area contributed by atoms with Crippen molar-refractivity contribution in [2.45, 2.75) is 6.10 Å². The molecule has 3 heteroatoms. The molecule has 2 aromatic carbocycles. The first-order valence-electron chi connectivity index (χ1n) is 5.94. The molecule has 1 atom stereocenters. The van der Waals surface area contributed by atoms with Gasteiger partial charge in [-0.1, -0.05) is 30.3 Å². The number of nitriles is 1. The van der Waals surface area contributed by atoms with Crippen LogP contribution in [0.2, 0.25) is 0 Å². The molecule has 3 aromatic rings. The van der Waals surface area contributed by atoms with Gasteiger partial charge in [0.2, 0.25) is 0 Å². The lowest BCUT2D eigenvalue weighted by Crippen LogP contribution is -1.98. The molecule has 0 saturated carbocycles. The van der Waals surface area contributed by atoms with E-state index < -0.39 is 6.10 Å². The number of aliphatic hydroxyl groups is 1. The zero-order valence-electron chi connectivity index (χ0n) is 10.1. The van der Waals surface area contributed by atoms with Crippen LogP contribution in [-0.2, 0) is 0 Å². The standard InChI is InChI=1S/C16H11NO2/c17-10-11-4-3-6-13(8-11)16(18)15-9-12-5-1-2-7-14(12)19-15/h1-9,16,18H. The Hall–Kier alpha value is -2.57. The van der Waals surface area contributed by atoms with E-state index in [0.29, 0.717) is 16.9 Å². The maximum atomic E-state index is 10.3. The third-order valence-corrected chi connectivity index (χ3v) is 3.05. The van der Waals surface area contributed by atoms with Crippen molar-refractivity contribution in [3.8, 4) is 6.07 Å². The van der Waals surface area contributed by atoms with E-state index in [1.165, 1.54) is 0 Å². The van der Waals surface area contributed by atoms with Crippen molar-refractivity contribution in [1.82, 2.24) is 0 Å². The lowest BCUT2D eigenvalue weighted by Gasteiger charge is -2.07. The first-order chi connectivity index (χ1) is 9.28. The average molecular weight is 249 g/mol. The second-order valence-corrected chi connectivity index (χ2v) is 4.33. The Morgan fingerprint density at radius 3 is 2.68 bits per heavy atom. The van der Waals surface area contributed by atoms with Crippen molar-refractivity contribution in [3.05, 3.63) is 71.5 Å². The molecule has 0 spiro atoms. The molecule has 0 aliphatic heterocycles. The fourth-order valence-corrected chi connectivity index (χ4v) is 2.08. The summed E-state index contributed by atoms with van der Waals surface area (Å²) in [5, 5.41) is 20.1. The number of hydrogen-bond donors (Lipinski definition) is 1. The zero-order chi connectivity index (χ0) is 13.2. The van der Waals surface area contributed by atoms with Crippen LogP contribution in [0, 0.1) is 11.3 Å². The lowest BCUT2D eigenvalue weighted by molar-refractivity contribution is 0.192. The normalized spacial score (nSPS) is 12.2. The van der Waals surface area contributed by atoms with Crippen LogP contribution in [0.5, 0.6) is 0 Å². The predicted molar refractivity (Wildman–Crippen MR) is 71.4 cm³/mol. The summed E-state index contributed by atoms with van der Waals surface area (Å²) in [5.41, 5.74) is 1.92.